The van der Waals surface area contributed by atoms with Crippen molar-refractivity contribution in [3.8, 4) is 0 Å². The van der Waals surface area contributed by atoms with E-state index in [0.717, 1.165) is 6.54 Å². The van der Waals surface area contributed by atoms with E-state index >= 15 is 0 Å². The van der Waals surface area contributed by atoms with Gasteiger partial charge < -0.3 is 0 Å². The summed E-state index contributed by atoms with van der Waals surface area (Å²) in [5, 5.41) is 0. The highest BCUT2D eigenvalue weighted by Gasteiger charge is 2.18. The minimum Gasteiger partial charge on any atom is -0.294 e. The van der Waals surface area contributed by atoms with Gasteiger partial charge in [-0.3, -0.25) is 4.99 Å². The van der Waals surface area contributed by atoms with Gasteiger partial charge in [-0.1, -0.05) is 30.3 Å². The molecule has 1 aromatic rings. The first kappa shape index (κ1) is 7.53. The molecule has 0 saturated heterocycles. The first-order valence-electron chi connectivity index (χ1n) is 4.44. The fraction of sp³-hybridized carbons (Fsp3) is 0.364. The molecule has 0 N–H and O–H groups in total. The van der Waals surface area contributed by atoms with Gasteiger partial charge in [0.25, 0.3) is 0 Å². The van der Waals surface area contributed by atoms with Crippen LogP contribution in [-0.4, -0.2) is 12.3 Å². The van der Waals surface area contributed by atoms with Gasteiger partial charge in [0.15, 0.2) is 0 Å². The lowest BCUT2D eigenvalue weighted by molar-refractivity contribution is 0.841. The lowest BCUT2D eigenvalue weighted by Gasteiger charge is -2.09. The Bertz CT molecular complexity index is 287. The van der Waals surface area contributed by atoms with Crippen LogP contribution in [0.15, 0.2) is 35.3 Å². The molecule has 0 aromatic heterocycles. The van der Waals surface area contributed by atoms with Crippen molar-refractivity contribution >= 4 is 5.71 Å². The summed E-state index contributed by atoms with van der Waals surface area (Å²) in [6.07, 6.45) is 1.19. The number of hydrogen-bond acceptors (Lipinski definition) is 1. The highest BCUT2D eigenvalue weighted by molar-refractivity contribution is 5.90. The van der Waals surface area contributed by atoms with E-state index < -0.39 is 0 Å². The summed E-state index contributed by atoms with van der Waals surface area (Å²) in [5.74, 6) is 0.589. The molecule has 1 nitrogen and oxygen atoms in total. The Morgan fingerprint density at radius 2 is 2.00 bits per heavy atom. The zero-order valence-corrected chi connectivity index (χ0v) is 7.33. The fourth-order valence-corrected chi connectivity index (χ4v) is 1.78. The molecule has 0 aliphatic carbocycles. The highest BCUT2D eigenvalue weighted by Crippen LogP contribution is 2.25. The van der Waals surface area contributed by atoms with Crippen molar-refractivity contribution in [2.24, 2.45) is 4.99 Å². The van der Waals surface area contributed by atoms with Gasteiger partial charge in [0.1, 0.15) is 0 Å². The third-order valence-corrected chi connectivity index (χ3v) is 2.49. The van der Waals surface area contributed by atoms with Crippen LogP contribution in [-0.2, 0) is 0 Å². The molecule has 0 radical (unpaired) electrons. The maximum Gasteiger partial charge on any atom is 0.0398 e. The third kappa shape index (κ3) is 1.27. The molecule has 0 fully saturated rings. The molecule has 1 atom stereocenters. The van der Waals surface area contributed by atoms with E-state index in [4.69, 9.17) is 0 Å². The Morgan fingerprint density at radius 1 is 1.25 bits per heavy atom. The van der Waals surface area contributed by atoms with Gasteiger partial charge in [0.2, 0.25) is 0 Å². The molecule has 0 bridgehead atoms. The van der Waals surface area contributed by atoms with E-state index in [1.807, 2.05) is 0 Å². The molecule has 0 saturated carbocycles. The monoisotopic (exact) mass is 159 g/mol. The molecule has 0 amide bonds. The molecule has 1 aromatic carbocycles. The van der Waals surface area contributed by atoms with E-state index in [0.29, 0.717) is 5.92 Å². The van der Waals surface area contributed by atoms with E-state index in [9.17, 15) is 0 Å². The number of aliphatic imine (C=N–C) groups is 1. The number of rotatable bonds is 1. The maximum absolute atomic E-state index is 4.41. The Morgan fingerprint density at radius 3 is 2.58 bits per heavy atom. The molecular formula is C11H13N. The van der Waals surface area contributed by atoms with Gasteiger partial charge in [0.05, 0.1) is 0 Å². The van der Waals surface area contributed by atoms with Crippen molar-refractivity contribution in [1.29, 1.82) is 0 Å². The summed E-state index contributed by atoms with van der Waals surface area (Å²) in [4.78, 5) is 4.41. The van der Waals surface area contributed by atoms with Gasteiger partial charge >= 0.3 is 0 Å². The van der Waals surface area contributed by atoms with Crippen LogP contribution >= 0.6 is 0 Å². The SMILES string of the molecule is CC1=NCC[C@@H]1c1ccccc1. The summed E-state index contributed by atoms with van der Waals surface area (Å²) >= 11 is 0. The van der Waals surface area contributed by atoms with Crippen LogP contribution in [0.1, 0.15) is 24.8 Å². The molecule has 1 heterocycles. The van der Waals surface area contributed by atoms with E-state index in [1.165, 1.54) is 17.7 Å². The zero-order chi connectivity index (χ0) is 8.39. The quantitative estimate of drug-likeness (QED) is 0.597. The van der Waals surface area contributed by atoms with Crippen LogP contribution in [0, 0.1) is 0 Å². The second kappa shape index (κ2) is 3.10. The molecular weight excluding hydrogens is 146 g/mol. The maximum atomic E-state index is 4.41. The number of benzene rings is 1. The van der Waals surface area contributed by atoms with Gasteiger partial charge in [-0.15, -0.1) is 0 Å². The summed E-state index contributed by atoms with van der Waals surface area (Å²) < 4.78 is 0. The predicted octanol–water partition coefficient (Wildman–Crippen LogP) is 2.63. The summed E-state index contributed by atoms with van der Waals surface area (Å²) in [5.41, 5.74) is 2.71. The predicted molar refractivity (Wildman–Crippen MR) is 51.8 cm³/mol. The van der Waals surface area contributed by atoms with Crippen molar-refractivity contribution in [1.82, 2.24) is 0 Å². The second-order valence-electron chi connectivity index (χ2n) is 3.28. The van der Waals surface area contributed by atoms with E-state index in [-0.39, 0.29) is 0 Å². The lowest BCUT2D eigenvalue weighted by Crippen LogP contribution is -2.03. The van der Waals surface area contributed by atoms with Crippen molar-refractivity contribution < 1.29 is 0 Å². The Kier molecular flexibility index (Phi) is 1.94. The minimum absolute atomic E-state index is 0.589. The molecule has 62 valence electrons. The summed E-state index contributed by atoms with van der Waals surface area (Å²) in [6, 6.07) is 10.6. The van der Waals surface area contributed by atoms with E-state index in [1.54, 1.807) is 0 Å². The zero-order valence-electron chi connectivity index (χ0n) is 7.33. The topological polar surface area (TPSA) is 12.4 Å². The van der Waals surface area contributed by atoms with Crippen molar-refractivity contribution in [3.05, 3.63) is 35.9 Å². The largest absolute Gasteiger partial charge is 0.294 e. The van der Waals surface area contributed by atoms with Crippen molar-refractivity contribution in [3.63, 3.8) is 0 Å². The Balaban J connectivity index is 2.27. The molecule has 2 rings (SSSR count). The van der Waals surface area contributed by atoms with Crippen LogP contribution in [0.4, 0.5) is 0 Å². The second-order valence-corrected chi connectivity index (χ2v) is 3.28. The molecule has 1 heteroatoms. The lowest BCUT2D eigenvalue weighted by atomic mass is 9.94. The number of hydrogen-bond donors (Lipinski definition) is 0. The minimum atomic E-state index is 0.589. The molecule has 1 aliphatic heterocycles. The Labute approximate surface area is 73.1 Å². The van der Waals surface area contributed by atoms with Crippen LogP contribution in [0.2, 0.25) is 0 Å². The first-order valence-corrected chi connectivity index (χ1v) is 4.44. The molecule has 1 aliphatic rings. The Hall–Kier alpha value is -1.11. The normalized spacial score (nSPS) is 22.4. The first-order chi connectivity index (χ1) is 5.88. The van der Waals surface area contributed by atoms with Gasteiger partial charge in [-0.25, -0.2) is 0 Å². The standard InChI is InChI=1S/C11H13N/c1-9-11(7-8-12-9)10-5-3-2-4-6-10/h2-6,11H,7-8H2,1H3/t11-/m0/s1. The average molecular weight is 159 g/mol. The smallest absolute Gasteiger partial charge is 0.0398 e. The van der Waals surface area contributed by atoms with Gasteiger partial charge in [-0.2, -0.15) is 0 Å². The fourth-order valence-electron chi connectivity index (χ4n) is 1.78. The van der Waals surface area contributed by atoms with Crippen LogP contribution in [0.25, 0.3) is 0 Å². The third-order valence-electron chi connectivity index (χ3n) is 2.49. The summed E-state index contributed by atoms with van der Waals surface area (Å²) in [6.45, 7) is 3.13. The van der Waals surface area contributed by atoms with Crippen molar-refractivity contribution in [2.45, 2.75) is 19.3 Å². The van der Waals surface area contributed by atoms with E-state index in [2.05, 4.69) is 42.2 Å². The molecule has 0 spiro atoms. The average Bonchev–Trinajstić information content (AvgIpc) is 2.53. The molecule has 0 unspecified atom stereocenters. The van der Waals surface area contributed by atoms with Crippen LogP contribution in [0.3, 0.4) is 0 Å². The highest BCUT2D eigenvalue weighted by atomic mass is 14.8. The molecule has 12 heavy (non-hydrogen) atoms. The summed E-state index contributed by atoms with van der Waals surface area (Å²) in [7, 11) is 0. The van der Waals surface area contributed by atoms with Crippen LogP contribution < -0.4 is 0 Å². The van der Waals surface area contributed by atoms with Gasteiger partial charge in [-0.05, 0) is 18.9 Å². The van der Waals surface area contributed by atoms with Crippen LogP contribution in [0.5, 0.6) is 0 Å². The number of nitrogens with zero attached hydrogens (tertiary/aromatic N) is 1. The van der Waals surface area contributed by atoms with Crippen molar-refractivity contribution in [2.75, 3.05) is 6.54 Å². The van der Waals surface area contributed by atoms with Gasteiger partial charge in [0, 0.05) is 18.2 Å².